The molecule has 6 nitrogen and oxygen atoms in total. The fourth-order valence-corrected chi connectivity index (χ4v) is 4.89. The molecule has 2 aliphatic rings. The van der Waals surface area contributed by atoms with Gasteiger partial charge in [-0.1, -0.05) is 70.7 Å². The quantitative estimate of drug-likeness (QED) is 0.153. The lowest BCUT2D eigenvalue weighted by atomic mass is 9.93. The van der Waals surface area contributed by atoms with Crippen LogP contribution in [0.15, 0.2) is 90.7 Å². The molecule has 5 rings (SSSR count). The number of carbonyl (C=O) groups excluding carboxylic acids is 1. The van der Waals surface area contributed by atoms with Crippen LogP contribution >= 0.6 is 0 Å². The molecule has 3 aromatic rings. The van der Waals surface area contributed by atoms with E-state index >= 15 is 0 Å². The summed E-state index contributed by atoms with van der Waals surface area (Å²) in [6.45, 7) is 12.6. The summed E-state index contributed by atoms with van der Waals surface area (Å²) in [6, 6.07) is 21.3. The average Bonchev–Trinajstić information content (AvgIpc) is 3.91. The van der Waals surface area contributed by atoms with Crippen molar-refractivity contribution in [3.63, 3.8) is 0 Å². The zero-order valence-electron chi connectivity index (χ0n) is 26.9. The van der Waals surface area contributed by atoms with Crippen molar-refractivity contribution in [1.29, 1.82) is 5.26 Å². The first-order valence-corrected chi connectivity index (χ1v) is 15.9. The zero-order chi connectivity index (χ0) is 33.7. The van der Waals surface area contributed by atoms with Crippen LogP contribution in [0.2, 0.25) is 0 Å². The molecule has 0 saturated heterocycles. The summed E-state index contributed by atoms with van der Waals surface area (Å²) in [7, 11) is 0. The minimum Gasteiger partial charge on any atom is -0.493 e. The van der Waals surface area contributed by atoms with Crippen LogP contribution in [0.5, 0.6) is 5.75 Å². The number of amides is 1. The maximum atomic E-state index is 13.4. The Kier molecular flexibility index (Phi) is 13.5. The van der Waals surface area contributed by atoms with Crippen LogP contribution in [0.1, 0.15) is 75.3 Å². The third kappa shape index (κ3) is 9.98. The van der Waals surface area contributed by atoms with Gasteiger partial charge in [0.15, 0.2) is 0 Å². The van der Waals surface area contributed by atoms with Crippen molar-refractivity contribution in [2.24, 2.45) is 5.92 Å². The molecule has 0 spiro atoms. The summed E-state index contributed by atoms with van der Waals surface area (Å²) in [5.74, 6) is 0.713. The Hall–Kier alpha value is -4.55. The van der Waals surface area contributed by atoms with Crippen LogP contribution in [0.25, 0.3) is 0 Å². The molecule has 0 bridgehead atoms. The van der Waals surface area contributed by atoms with Crippen molar-refractivity contribution in [1.82, 2.24) is 5.32 Å². The van der Waals surface area contributed by atoms with Gasteiger partial charge in [0, 0.05) is 16.9 Å². The summed E-state index contributed by atoms with van der Waals surface area (Å²) in [5, 5.41) is 18.3. The van der Waals surface area contributed by atoms with Gasteiger partial charge in [-0.3, -0.25) is 4.79 Å². The lowest BCUT2D eigenvalue weighted by Crippen LogP contribution is -2.26. The third-order valence-corrected chi connectivity index (χ3v) is 7.26. The van der Waals surface area contributed by atoms with E-state index in [0.717, 1.165) is 41.8 Å². The molecule has 1 fully saturated rings. The van der Waals surface area contributed by atoms with Gasteiger partial charge in [-0.25, -0.2) is 0 Å². The zero-order valence-corrected chi connectivity index (χ0v) is 26.9. The molecule has 3 N–H and O–H groups in total. The van der Waals surface area contributed by atoms with E-state index in [4.69, 9.17) is 4.74 Å². The summed E-state index contributed by atoms with van der Waals surface area (Å²) in [6.07, 6.45) is 0.204. The Morgan fingerprint density at radius 2 is 1.70 bits per heavy atom. The fraction of sp³-hybridized carbons (Fsp3) is 0.351. The van der Waals surface area contributed by atoms with Crippen LogP contribution in [-0.2, 0) is 11.2 Å². The normalized spacial score (nSPS) is 14.4. The minimum atomic E-state index is -4.72. The molecular weight excluding hydrogens is 589 g/mol. The number of rotatable bonds is 10. The van der Waals surface area contributed by atoms with Crippen molar-refractivity contribution in [2.45, 2.75) is 65.6 Å². The second-order valence-corrected chi connectivity index (χ2v) is 10.6. The molecule has 1 atom stereocenters. The van der Waals surface area contributed by atoms with Gasteiger partial charge in [-0.05, 0) is 85.7 Å². The summed E-state index contributed by atoms with van der Waals surface area (Å²) in [5.41, 5.74) is 2.49. The second kappa shape index (κ2) is 17.2. The number of carbonyl (C=O) groups is 1. The number of ether oxygens (including phenoxy) is 1. The first-order chi connectivity index (χ1) is 22.2. The molecule has 1 aliphatic heterocycles. The van der Waals surface area contributed by atoms with Crippen LogP contribution < -0.4 is 20.7 Å². The van der Waals surface area contributed by atoms with Gasteiger partial charge in [0.25, 0.3) is 5.91 Å². The van der Waals surface area contributed by atoms with Gasteiger partial charge in [-0.15, -0.1) is 0 Å². The minimum absolute atomic E-state index is 0.206. The summed E-state index contributed by atoms with van der Waals surface area (Å²) in [4.78, 5) is 13.3. The number of para-hydroxylation sites is 1. The number of alkyl halides is 3. The highest BCUT2D eigenvalue weighted by atomic mass is 19.4. The first kappa shape index (κ1) is 35.9. The molecule has 46 heavy (non-hydrogen) atoms. The van der Waals surface area contributed by atoms with Crippen LogP contribution in [-0.4, -0.2) is 25.2 Å². The van der Waals surface area contributed by atoms with Crippen LogP contribution in [0.3, 0.4) is 0 Å². The Bertz CT molecular complexity index is 1550. The summed E-state index contributed by atoms with van der Waals surface area (Å²) < 4.78 is 46.1. The van der Waals surface area contributed by atoms with Gasteiger partial charge >= 0.3 is 6.18 Å². The molecular formula is C37H43F3N4O2. The number of allylic oxidation sites excluding steroid dienone is 2. The number of anilines is 2. The lowest BCUT2D eigenvalue weighted by molar-refractivity contribution is -0.112. The third-order valence-electron chi connectivity index (χ3n) is 7.26. The molecule has 1 saturated carbocycles. The number of benzene rings is 3. The predicted molar refractivity (Wildman–Crippen MR) is 179 cm³/mol. The highest BCUT2D eigenvalue weighted by molar-refractivity contribution is 6.06. The maximum Gasteiger partial charge on any atom is 0.415 e. The highest BCUT2D eigenvalue weighted by Crippen LogP contribution is 2.37. The SMILES string of the molecule is C=C(/C=C(\Nc1cccc(C#N)c1)C(=O)Nc1cccc(C(NCC2CC2)c2cccc3c2OCCC3)c1)C(F)(F)F.CC.CC. The number of hydrogen-bond donors (Lipinski definition) is 3. The largest absolute Gasteiger partial charge is 0.493 e. The number of fused-ring (bicyclic) bond motifs is 1. The fourth-order valence-electron chi connectivity index (χ4n) is 4.89. The second-order valence-electron chi connectivity index (χ2n) is 10.6. The van der Waals surface area contributed by atoms with Gasteiger partial charge in [0.2, 0.25) is 0 Å². The van der Waals surface area contributed by atoms with E-state index in [-0.39, 0.29) is 17.4 Å². The van der Waals surface area contributed by atoms with Crippen molar-refractivity contribution in [2.75, 3.05) is 23.8 Å². The number of hydrogen-bond acceptors (Lipinski definition) is 5. The van der Waals surface area contributed by atoms with Gasteiger partial charge in [0.1, 0.15) is 11.4 Å². The van der Waals surface area contributed by atoms with Gasteiger partial charge in [-0.2, -0.15) is 18.4 Å². The first-order valence-electron chi connectivity index (χ1n) is 15.9. The Labute approximate surface area is 270 Å². The van der Waals surface area contributed by atoms with E-state index in [0.29, 0.717) is 29.9 Å². The van der Waals surface area contributed by atoms with E-state index < -0.39 is 17.7 Å². The Morgan fingerprint density at radius 3 is 2.37 bits per heavy atom. The number of nitrogens with zero attached hydrogens (tertiary/aromatic N) is 1. The Balaban J connectivity index is 0.00000139. The summed E-state index contributed by atoms with van der Waals surface area (Å²) >= 11 is 0. The molecule has 3 aromatic carbocycles. The van der Waals surface area contributed by atoms with E-state index in [9.17, 15) is 23.2 Å². The topological polar surface area (TPSA) is 86.2 Å². The monoisotopic (exact) mass is 632 g/mol. The van der Waals surface area contributed by atoms with Gasteiger partial charge < -0.3 is 20.7 Å². The maximum absolute atomic E-state index is 13.4. The van der Waals surface area contributed by atoms with Crippen molar-refractivity contribution in [3.05, 3.63) is 113 Å². The molecule has 1 unspecified atom stereocenters. The lowest BCUT2D eigenvalue weighted by Gasteiger charge is -2.27. The van der Waals surface area contributed by atoms with Crippen molar-refractivity contribution in [3.8, 4) is 11.8 Å². The molecule has 1 amide bonds. The van der Waals surface area contributed by atoms with E-state index in [1.54, 1.807) is 30.3 Å². The Morgan fingerprint density at radius 1 is 1.02 bits per heavy atom. The van der Waals surface area contributed by atoms with Crippen molar-refractivity contribution < 1.29 is 22.7 Å². The van der Waals surface area contributed by atoms with E-state index in [1.807, 2.05) is 58.0 Å². The standard InChI is InChI=1S/C33H31F3N4O2.2C2H6/c1-21(33(34,35)36)16-29(39-26-10-2-6-23(17-26)19-37)32(41)40-27-11-3-8-25(18-27)30(38-20-22-13-14-22)28-12-4-7-24-9-5-15-42-31(24)28;2*1-2/h2-4,6-8,10-12,16-18,22,30,38-39H,1,5,9,13-15,20H2,(H,40,41);2*1-2H3/b29-16-;;. The van der Waals surface area contributed by atoms with E-state index in [1.165, 1.54) is 18.9 Å². The number of nitriles is 1. The average molecular weight is 633 g/mol. The molecule has 1 aliphatic carbocycles. The van der Waals surface area contributed by atoms with Gasteiger partial charge in [0.05, 0.1) is 29.9 Å². The molecule has 0 aromatic heterocycles. The number of halogens is 3. The van der Waals surface area contributed by atoms with Crippen molar-refractivity contribution >= 4 is 17.3 Å². The van der Waals surface area contributed by atoms with Crippen LogP contribution in [0, 0.1) is 17.2 Å². The van der Waals surface area contributed by atoms with Crippen LogP contribution in [0.4, 0.5) is 24.5 Å². The number of nitrogens with one attached hydrogen (secondary N) is 3. The highest BCUT2D eigenvalue weighted by Gasteiger charge is 2.31. The molecule has 244 valence electrons. The smallest absolute Gasteiger partial charge is 0.415 e. The molecule has 1 heterocycles. The number of aryl methyl sites for hydroxylation is 1. The molecule has 9 heteroatoms. The molecule has 0 radical (unpaired) electrons. The van der Waals surface area contributed by atoms with E-state index in [2.05, 4.69) is 28.6 Å². The predicted octanol–water partition coefficient (Wildman–Crippen LogP) is 9.08.